The Morgan fingerprint density at radius 2 is 1.89 bits per heavy atom. The number of nitrogens with zero attached hydrogens (tertiary/aromatic N) is 3. The van der Waals surface area contributed by atoms with Gasteiger partial charge in [0.05, 0.1) is 5.56 Å². The highest BCUT2D eigenvalue weighted by Gasteiger charge is 2.16. The van der Waals surface area contributed by atoms with Gasteiger partial charge in [-0.15, -0.1) is 0 Å². The normalized spacial score (nSPS) is 10.3. The number of aromatic nitrogens is 2. The molecule has 0 radical (unpaired) electrons. The van der Waals surface area contributed by atoms with Gasteiger partial charge in [-0.1, -0.05) is 12.1 Å². The number of hydrogen-bond donors (Lipinski definition) is 0. The summed E-state index contributed by atoms with van der Waals surface area (Å²) in [5.74, 6) is 0.586. The first-order chi connectivity index (χ1) is 9.11. The lowest BCUT2D eigenvalue weighted by atomic mass is 10.2. The average Bonchev–Trinajstić information content (AvgIpc) is 2.40. The first kappa shape index (κ1) is 13.2. The molecule has 98 valence electrons. The molecule has 2 rings (SSSR count). The summed E-state index contributed by atoms with van der Waals surface area (Å²) in [4.78, 5) is 22.3. The van der Waals surface area contributed by atoms with E-state index in [1.54, 1.807) is 24.2 Å². The van der Waals surface area contributed by atoms with Gasteiger partial charge in [-0.2, -0.15) is 0 Å². The summed E-state index contributed by atoms with van der Waals surface area (Å²) in [6.45, 7) is 6.37. The molecule has 0 aliphatic carbocycles. The van der Waals surface area contributed by atoms with E-state index < -0.39 is 0 Å². The molecule has 0 N–H and O–H groups in total. The Hall–Kier alpha value is -2.23. The highest BCUT2D eigenvalue weighted by atomic mass is 16.2. The summed E-state index contributed by atoms with van der Waals surface area (Å²) in [7, 11) is 0. The Morgan fingerprint density at radius 3 is 2.47 bits per heavy atom. The van der Waals surface area contributed by atoms with Gasteiger partial charge in [0, 0.05) is 24.6 Å². The largest absolute Gasteiger partial charge is 0.309 e. The zero-order valence-corrected chi connectivity index (χ0v) is 11.4. The minimum Gasteiger partial charge on any atom is -0.309 e. The number of aryl methyl sites for hydroxylation is 2. The molecule has 4 nitrogen and oxygen atoms in total. The van der Waals surface area contributed by atoms with E-state index in [9.17, 15) is 4.79 Å². The average molecular weight is 255 g/mol. The Morgan fingerprint density at radius 1 is 1.21 bits per heavy atom. The van der Waals surface area contributed by atoms with E-state index in [0.29, 0.717) is 17.9 Å². The van der Waals surface area contributed by atoms with E-state index in [1.807, 2.05) is 38.1 Å². The van der Waals surface area contributed by atoms with E-state index >= 15 is 0 Å². The van der Waals surface area contributed by atoms with Crippen LogP contribution in [0.2, 0.25) is 0 Å². The van der Waals surface area contributed by atoms with Crippen LogP contribution in [0.1, 0.15) is 28.7 Å². The van der Waals surface area contributed by atoms with Crippen molar-refractivity contribution in [2.45, 2.75) is 20.8 Å². The van der Waals surface area contributed by atoms with Crippen LogP contribution in [0.4, 0.5) is 5.69 Å². The Kier molecular flexibility index (Phi) is 3.90. The van der Waals surface area contributed by atoms with Crippen LogP contribution in [-0.2, 0) is 0 Å². The molecule has 0 fully saturated rings. The molecule has 0 atom stereocenters. The number of amides is 1. The predicted octanol–water partition coefficient (Wildman–Crippen LogP) is 2.76. The van der Waals surface area contributed by atoms with E-state index in [-0.39, 0.29) is 5.91 Å². The number of anilines is 1. The molecule has 4 heteroatoms. The van der Waals surface area contributed by atoms with Crippen LogP contribution in [0, 0.1) is 13.8 Å². The van der Waals surface area contributed by atoms with Gasteiger partial charge in [0.2, 0.25) is 0 Å². The van der Waals surface area contributed by atoms with Gasteiger partial charge in [-0.05, 0) is 38.5 Å². The van der Waals surface area contributed by atoms with Crippen molar-refractivity contribution in [3.05, 3.63) is 53.6 Å². The quantitative estimate of drug-likeness (QED) is 0.847. The lowest BCUT2D eigenvalue weighted by Gasteiger charge is -2.21. The third kappa shape index (κ3) is 2.96. The Balaban J connectivity index is 2.31. The summed E-state index contributed by atoms with van der Waals surface area (Å²) in [6, 6.07) is 7.89. The standard InChI is InChI=1S/C15H17N3O/c1-4-18(14-7-5-6-11(2)8-14)15(19)13-9-16-12(3)17-10-13/h5-10H,4H2,1-3H3. The highest BCUT2D eigenvalue weighted by Crippen LogP contribution is 2.18. The van der Waals surface area contributed by atoms with Crippen molar-refractivity contribution in [3.8, 4) is 0 Å². The Bertz CT molecular complexity index is 578. The smallest absolute Gasteiger partial charge is 0.261 e. The Labute approximate surface area is 113 Å². The molecule has 0 aliphatic rings. The summed E-state index contributed by atoms with van der Waals surface area (Å²) in [5, 5.41) is 0. The number of rotatable bonds is 3. The van der Waals surface area contributed by atoms with Gasteiger partial charge < -0.3 is 4.90 Å². The van der Waals surface area contributed by atoms with Crippen LogP contribution in [0.25, 0.3) is 0 Å². The third-order valence-electron chi connectivity index (χ3n) is 2.90. The first-order valence-corrected chi connectivity index (χ1v) is 6.29. The molecule has 1 heterocycles. The lowest BCUT2D eigenvalue weighted by molar-refractivity contribution is 0.0987. The number of carbonyl (C=O) groups excluding carboxylic acids is 1. The molecule has 0 aliphatic heterocycles. The van der Waals surface area contributed by atoms with Crippen LogP contribution in [0.5, 0.6) is 0 Å². The van der Waals surface area contributed by atoms with Gasteiger partial charge in [-0.25, -0.2) is 9.97 Å². The highest BCUT2D eigenvalue weighted by molar-refractivity contribution is 6.05. The van der Waals surface area contributed by atoms with Gasteiger partial charge in [0.1, 0.15) is 5.82 Å². The zero-order chi connectivity index (χ0) is 13.8. The van der Waals surface area contributed by atoms with Crippen molar-refractivity contribution in [2.75, 3.05) is 11.4 Å². The molecular formula is C15H17N3O. The van der Waals surface area contributed by atoms with Crippen LogP contribution >= 0.6 is 0 Å². The second-order valence-electron chi connectivity index (χ2n) is 4.41. The molecule has 0 bridgehead atoms. The second-order valence-corrected chi connectivity index (χ2v) is 4.41. The SMILES string of the molecule is CCN(C(=O)c1cnc(C)nc1)c1cccc(C)c1. The van der Waals surface area contributed by atoms with Gasteiger partial charge in [0.15, 0.2) is 0 Å². The molecule has 19 heavy (non-hydrogen) atoms. The lowest BCUT2D eigenvalue weighted by Crippen LogP contribution is -2.30. The number of hydrogen-bond acceptors (Lipinski definition) is 3. The molecule has 1 amide bonds. The molecule has 0 saturated carbocycles. The van der Waals surface area contributed by atoms with Crippen LogP contribution in [0.3, 0.4) is 0 Å². The van der Waals surface area contributed by atoms with Crippen LogP contribution in [-0.4, -0.2) is 22.4 Å². The minimum absolute atomic E-state index is 0.0758. The van der Waals surface area contributed by atoms with E-state index in [1.165, 1.54) is 0 Å². The van der Waals surface area contributed by atoms with Gasteiger partial charge >= 0.3 is 0 Å². The number of carbonyl (C=O) groups is 1. The van der Waals surface area contributed by atoms with Crippen molar-refractivity contribution in [1.82, 2.24) is 9.97 Å². The van der Waals surface area contributed by atoms with Crippen molar-refractivity contribution < 1.29 is 4.79 Å². The fourth-order valence-corrected chi connectivity index (χ4v) is 1.90. The van der Waals surface area contributed by atoms with Crippen molar-refractivity contribution in [1.29, 1.82) is 0 Å². The summed E-state index contributed by atoms with van der Waals surface area (Å²) in [5.41, 5.74) is 2.53. The predicted molar refractivity (Wildman–Crippen MR) is 75.3 cm³/mol. The van der Waals surface area contributed by atoms with Crippen LogP contribution < -0.4 is 4.90 Å². The fraction of sp³-hybridized carbons (Fsp3) is 0.267. The van der Waals surface area contributed by atoms with Gasteiger partial charge in [0.25, 0.3) is 5.91 Å². The van der Waals surface area contributed by atoms with E-state index in [0.717, 1.165) is 11.3 Å². The van der Waals surface area contributed by atoms with Gasteiger partial charge in [-0.3, -0.25) is 4.79 Å². The molecule has 2 aromatic rings. The van der Waals surface area contributed by atoms with Crippen molar-refractivity contribution in [2.24, 2.45) is 0 Å². The molecule has 0 spiro atoms. The number of benzene rings is 1. The van der Waals surface area contributed by atoms with E-state index in [4.69, 9.17) is 0 Å². The van der Waals surface area contributed by atoms with Crippen LogP contribution in [0.15, 0.2) is 36.7 Å². The van der Waals surface area contributed by atoms with E-state index in [2.05, 4.69) is 9.97 Å². The van der Waals surface area contributed by atoms with Crippen molar-refractivity contribution in [3.63, 3.8) is 0 Å². The van der Waals surface area contributed by atoms with Crippen molar-refractivity contribution >= 4 is 11.6 Å². The maximum absolute atomic E-state index is 12.4. The third-order valence-corrected chi connectivity index (χ3v) is 2.90. The fourth-order valence-electron chi connectivity index (χ4n) is 1.90. The maximum Gasteiger partial charge on any atom is 0.261 e. The molecule has 0 unspecified atom stereocenters. The second kappa shape index (κ2) is 5.61. The summed E-state index contributed by atoms with van der Waals surface area (Å²) < 4.78 is 0. The minimum atomic E-state index is -0.0758. The molecular weight excluding hydrogens is 238 g/mol. The maximum atomic E-state index is 12.4. The summed E-state index contributed by atoms with van der Waals surface area (Å²) in [6.07, 6.45) is 3.15. The monoisotopic (exact) mass is 255 g/mol. The molecule has 1 aromatic carbocycles. The topological polar surface area (TPSA) is 46.1 Å². The molecule has 1 aromatic heterocycles. The zero-order valence-electron chi connectivity index (χ0n) is 11.4. The first-order valence-electron chi connectivity index (χ1n) is 6.29. The summed E-state index contributed by atoms with van der Waals surface area (Å²) >= 11 is 0. The molecule has 0 saturated heterocycles.